The van der Waals surface area contributed by atoms with Crippen molar-refractivity contribution in [2.75, 3.05) is 36.8 Å². The van der Waals surface area contributed by atoms with E-state index in [1.165, 1.54) is 6.42 Å². The minimum atomic E-state index is 0.208. The van der Waals surface area contributed by atoms with Gasteiger partial charge in [-0.1, -0.05) is 0 Å². The number of piperazine rings is 1. The summed E-state index contributed by atoms with van der Waals surface area (Å²) in [5.41, 5.74) is 0. The van der Waals surface area contributed by atoms with Crippen molar-refractivity contribution < 1.29 is 4.79 Å². The molecule has 3 rings (SSSR count). The van der Waals surface area contributed by atoms with Crippen molar-refractivity contribution in [3.63, 3.8) is 0 Å². The van der Waals surface area contributed by atoms with Gasteiger partial charge in [-0.25, -0.2) is 9.97 Å². The summed E-state index contributed by atoms with van der Waals surface area (Å²) in [5, 5.41) is 0.208. The molecule has 0 saturated carbocycles. The van der Waals surface area contributed by atoms with E-state index < -0.39 is 0 Å². The smallest absolute Gasteiger partial charge is 0.235 e. The van der Waals surface area contributed by atoms with Crippen molar-refractivity contribution in [3.8, 4) is 0 Å². The van der Waals surface area contributed by atoms with Crippen molar-refractivity contribution in [3.05, 3.63) is 18.5 Å². The number of nitrogens with zero attached hydrogens (tertiary/aromatic N) is 4. The zero-order chi connectivity index (χ0) is 13.1. The summed E-state index contributed by atoms with van der Waals surface area (Å²) in [6.45, 7) is 3.22. The number of thioether (sulfide) groups is 1. The highest BCUT2D eigenvalue weighted by molar-refractivity contribution is 8.00. The van der Waals surface area contributed by atoms with Crippen molar-refractivity contribution in [1.82, 2.24) is 14.9 Å². The molecule has 0 radical (unpaired) electrons. The van der Waals surface area contributed by atoms with Gasteiger partial charge in [-0.3, -0.25) is 4.79 Å². The van der Waals surface area contributed by atoms with Crippen molar-refractivity contribution in [2.45, 2.75) is 18.1 Å². The molecule has 0 aromatic carbocycles. The lowest BCUT2D eigenvalue weighted by atomic mass is 10.2. The summed E-state index contributed by atoms with van der Waals surface area (Å²) in [6.07, 6.45) is 5.74. The van der Waals surface area contributed by atoms with Crippen molar-refractivity contribution in [2.24, 2.45) is 0 Å². The van der Waals surface area contributed by atoms with Gasteiger partial charge in [-0.15, -0.1) is 11.8 Å². The molecular weight excluding hydrogens is 260 g/mol. The second kappa shape index (κ2) is 5.77. The van der Waals surface area contributed by atoms with Gasteiger partial charge in [0.2, 0.25) is 11.9 Å². The van der Waals surface area contributed by atoms with Crippen LogP contribution < -0.4 is 4.90 Å². The lowest BCUT2D eigenvalue weighted by molar-refractivity contribution is -0.130. The molecule has 0 spiro atoms. The van der Waals surface area contributed by atoms with Crippen LogP contribution in [0.3, 0.4) is 0 Å². The second-order valence-electron chi connectivity index (χ2n) is 4.86. The van der Waals surface area contributed by atoms with Gasteiger partial charge in [0.1, 0.15) is 0 Å². The summed E-state index contributed by atoms with van der Waals surface area (Å²) in [7, 11) is 0. The van der Waals surface area contributed by atoms with E-state index in [9.17, 15) is 4.79 Å². The van der Waals surface area contributed by atoms with E-state index in [1.54, 1.807) is 12.4 Å². The quantitative estimate of drug-likeness (QED) is 0.808. The zero-order valence-electron chi connectivity index (χ0n) is 10.9. The first-order valence-electron chi connectivity index (χ1n) is 6.77. The van der Waals surface area contributed by atoms with Gasteiger partial charge in [0.15, 0.2) is 0 Å². The molecular formula is C13H18N4OS. The van der Waals surface area contributed by atoms with E-state index >= 15 is 0 Å². The third-order valence-electron chi connectivity index (χ3n) is 3.63. The number of carbonyl (C=O) groups excluding carboxylic acids is 1. The Morgan fingerprint density at radius 2 is 1.95 bits per heavy atom. The molecule has 0 N–H and O–H groups in total. The van der Waals surface area contributed by atoms with Crippen LogP contribution in [0.4, 0.5) is 5.95 Å². The van der Waals surface area contributed by atoms with Crippen LogP contribution in [-0.4, -0.2) is 58.0 Å². The maximum Gasteiger partial charge on any atom is 0.235 e. The van der Waals surface area contributed by atoms with E-state index in [-0.39, 0.29) is 5.25 Å². The third-order valence-corrected chi connectivity index (χ3v) is 5.00. The molecule has 19 heavy (non-hydrogen) atoms. The number of anilines is 1. The van der Waals surface area contributed by atoms with Gasteiger partial charge in [-0.05, 0) is 24.7 Å². The molecule has 6 heteroatoms. The van der Waals surface area contributed by atoms with Crippen LogP contribution in [0, 0.1) is 0 Å². The van der Waals surface area contributed by atoms with E-state index in [1.807, 2.05) is 22.7 Å². The van der Waals surface area contributed by atoms with Crippen LogP contribution in [0.1, 0.15) is 12.8 Å². The predicted octanol–water partition coefficient (Wildman–Crippen LogP) is 1.02. The Kier molecular flexibility index (Phi) is 3.87. The second-order valence-corrected chi connectivity index (χ2v) is 6.17. The van der Waals surface area contributed by atoms with E-state index in [0.717, 1.165) is 44.3 Å². The van der Waals surface area contributed by atoms with Crippen LogP contribution in [0.25, 0.3) is 0 Å². The molecule has 0 aliphatic carbocycles. The van der Waals surface area contributed by atoms with Crippen LogP contribution >= 0.6 is 11.8 Å². The van der Waals surface area contributed by atoms with Gasteiger partial charge in [0, 0.05) is 38.6 Å². The molecule has 0 bridgehead atoms. The molecule has 2 fully saturated rings. The van der Waals surface area contributed by atoms with Crippen molar-refractivity contribution in [1.29, 1.82) is 0 Å². The predicted molar refractivity (Wildman–Crippen MR) is 76.3 cm³/mol. The van der Waals surface area contributed by atoms with Crippen LogP contribution in [0.15, 0.2) is 18.5 Å². The number of rotatable bonds is 2. The minimum Gasteiger partial charge on any atom is -0.338 e. The highest BCUT2D eigenvalue weighted by Gasteiger charge is 2.30. The van der Waals surface area contributed by atoms with Crippen molar-refractivity contribution >= 4 is 23.6 Å². The highest BCUT2D eigenvalue weighted by Crippen LogP contribution is 2.28. The average Bonchev–Trinajstić information content (AvgIpc) is 3.02. The van der Waals surface area contributed by atoms with Gasteiger partial charge in [0.25, 0.3) is 0 Å². The molecule has 1 aromatic rings. The van der Waals surface area contributed by atoms with E-state index in [0.29, 0.717) is 5.91 Å². The van der Waals surface area contributed by atoms with Crippen LogP contribution in [0.5, 0.6) is 0 Å². The third kappa shape index (κ3) is 2.83. The first kappa shape index (κ1) is 12.7. The molecule has 1 aromatic heterocycles. The van der Waals surface area contributed by atoms with Gasteiger partial charge in [0.05, 0.1) is 5.25 Å². The Labute approximate surface area is 117 Å². The first-order valence-corrected chi connectivity index (χ1v) is 7.82. The molecule has 3 heterocycles. The van der Waals surface area contributed by atoms with E-state index in [4.69, 9.17) is 0 Å². The van der Waals surface area contributed by atoms with Gasteiger partial charge in [-0.2, -0.15) is 0 Å². The Hall–Kier alpha value is -1.30. The molecule has 1 unspecified atom stereocenters. The summed E-state index contributed by atoms with van der Waals surface area (Å²) in [6, 6.07) is 1.82. The number of hydrogen-bond donors (Lipinski definition) is 0. The normalized spacial score (nSPS) is 23.7. The standard InChI is InChI=1S/C13H18N4OS/c18-12(11-3-1-10-19-11)16-6-8-17(9-7-16)13-14-4-2-5-15-13/h2,4-5,11H,1,3,6-10H2. The zero-order valence-corrected chi connectivity index (χ0v) is 11.7. The Morgan fingerprint density at radius 1 is 1.21 bits per heavy atom. The maximum absolute atomic E-state index is 12.3. The maximum atomic E-state index is 12.3. The molecule has 1 atom stereocenters. The topological polar surface area (TPSA) is 49.3 Å². The summed E-state index contributed by atoms with van der Waals surface area (Å²) < 4.78 is 0. The number of carbonyl (C=O) groups is 1. The number of hydrogen-bond acceptors (Lipinski definition) is 5. The number of amides is 1. The minimum absolute atomic E-state index is 0.208. The number of aromatic nitrogens is 2. The summed E-state index contributed by atoms with van der Waals surface area (Å²) in [4.78, 5) is 25.0. The Bertz CT molecular complexity index is 428. The fourth-order valence-corrected chi connectivity index (χ4v) is 3.80. The SMILES string of the molecule is O=C(C1CCCS1)N1CCN(c2ncccn2)CC1. The lowest BCUT2D eigenvalue weighted by Gasteiger charge is -2.35. The molecule has 102 valence electrons. The Balaban J connectivity index is 1.56. The molecule has 1 amide bonds. The fourth-order valence-electron chi connectivity index (χ4n) is 2.56. The monoisotopic (exact) mass is 278 g/mol. The largest absolute Gasteiger partial charge is 0.338 e. The lowest BCUT2D eigenvalue weighted by Crippen LogP contribution is -2.51. The van der Waals surface area contributed by atoms with Gasteiger partial charge < -0.3 is 9.80 Å². The highest BCUT2D eigenvalue weighted by atomic mass is 32.2. The summed E-state index contributed by atoms with van der Waals surface area (Å²) in [5.74, 6) is 2.23. The molecule has 2 aliphatic heterocycles. The average molecular weight is 278 g/mol. The molecule has 5 nitrogen and oxygen atoms in total. The Morgan fingerprint density at radius 3 is 2.58 bits per heavy atom. The molecule has 2 saturated heterocycles. The van der Waals surface area contributed by atoms with E-state index in [2.05, 4.69) is 14.9 Å². The van der Waals surface area contributed by atoms with Crippen LogP contribution in [-0.2, 0) is 4.79 Å². The van der Waals surface area contributed by atoms with Gasteiger partial charge >= 0.3 is 0 Å². The summed E-state index contributed by atoms with van der Waals surface area (Å²) >= 11 is 1.81. The molecule has 2 aliphatic rings. The fraction of sp³-hybridized carbons (Fsp3) is 0.615. The van der Waals surface area contributed by atoms with Crippen LogP contribution in [0.2, 0.25) is 0 Å². The first-order chi connectivity index (χ1) is 9.34.